The summed E-state index contributed by atoms with van der Waals surface area (Å²) in [5.74, 6) is 2.37. The van der Waals surface area contributed by atoms with E-state index in [2.05, 4.69) is 5.32 Å². The number of thioether (sulfide) groups is 1. The molecule has 0 aliphatic carbocycles. The second kappa shape index (κ2) is 7.27. The Bertz CT molecular complexity index is 403. The van der Waals surface area contributed by atoms with E-state index < -0.39 is 0 Å². The summed E-state index contributed by atoms with van der Waals surface area (Å²) in [5.41, 5.74) is 1.80. The van der Waals surface area contributed by atoms with Crippen molar-refractivity contribution < 1.29 is 4.39 Å². The highest BCUT2D eigenvalue weighted by Gasteiger charge is 2.13. The molecule has 2 nitrogen and oxygen atoms in total. The van der Waals surface area contributed by atoms with E-state index in [1.54, 1.807) is 6.07 Å². The first-order valence-corrected chi connectivity index (χ1v) is 8.04. The van der Waals surface area contributed by atoms with Crippen LogP contribution in [0.5, 0.6) is 0 Å². The lowest BCUT2D eigenvalue weighted by Gasteiger charge is -2.22. The molecule has 106 valence electrons. The second-order valence-electron chi connectivity index (χ2n) is 5.46. The van der Waals surface area contributed by atoms with Gasteiger partial charge in [-0.1, -0.05) is 12.1 Å². The molecule has 0 aromatic heterocycles. The lowest BCUT2D eigenvalue weighted by molar-refractivity contribution is 0.392. The van der Waals surface area contributed by atoms with Crippen molar-refractivity contribution in [3.05, 3.63) is 35.1 Å². The van der Waals surface area contributed by atoms with Crippen molar-refractivity contribution in [1.29, 1.82) is 0 Å². The van der Waals surface area contributed by atoms with Gasteiger partial charge in [-0.3, -0.25) is 0 Å². The Hall–Kier alpha value is -0.580. The normalized spacial score (nSPS) is 19.9. The Labute approximate surface area is 119 Å². The first-order valence-electron chi connectivity index (χ1n) is 6.88. The lowest BCUT2D eigenvalue weighted by atomic mass is 10.1. The molecule has 19 heavy (non-hydrogen) atoms. The summed E-state index contributed by atoms with van der Waals surface area (Å²) in [6, 6.07) is 6.19. The minimum atomic E-state index is -0.0916. The van der Waals surface area contributed by atoms with Crippen molar-refractivity contribution in [1.82, 2.24) is 10.2 Å². The van der Waals surface area contributed by atoms with Crippen molar-refractivity contribution in [2.24, 2.45) is 0 Å². The predicted octanol–water partition coefficient (Wildman–Crippen LogP) is 2.87. The molecule has 1 fully saturated rings. The fraction of sp³-hybridized carbons (Fsp3) is 0.600. The van der Waals surface area contributed by atoms with Gasteiger partial charge < -0.3 is 10.2 Å². The van der Waals surface area contributed by atoms with Gasteiger partial charge >= 0.3 is 0 Å². The third-order valence-corrected chi connectivity index (χ3v) is 4.57. The Balaban J connectivity index is 1.88. The Morgan fingerprint density at radius 3 is 2.89 bits per heavy atom. The highest BCUT2D eigenvalue weighted by molar-refractivity contribution is 7.99. The zero-order chi connectivity index (χ0) is 13.7. The molecule has 0 amide bonds. The summed E-state index contributed by atoms with van der Waals surface area (Å²) >= 11 is 2.01. The fourth-order valence-corrected chi connectivity index (χ4v) is 3.44. The maximum atomic E-state index is 13.9. The van der Waals surface area contributed by atoms with Crippen LogP contribution in [-0.4, -0.2) is 36.5 Å². The third-order valence-electron chi connectivity index (χ3n) is 3.36. The summed E-state index contributed by atoms with van der Waals surface area (Å²) in [6.45, 7) is 1.42. The van der Waals surface area contributed by atoms with E-state index in [0.29, 0.717) is 12.6 Å². The van der Waals surface area contributed by atoms with Crippen LogP contribution in [0.15, 0.2) is 18.2 Å². The van der Waals surface area contributed by atoms with Crippen molar-refractivity contribution in [2.75, 3.05) is 25.6 Å². The molecular weight excluding hydrogens is 259 g/mol. The van der Waals surface area contributed by atoms with Crippen molar-refractivity contribution in [3.8, 4) is 0 Å². The maximum Gasteiger partial charge on any atom is 0.128 e. The lowest BCUT2D eigenvalue weighted by Crippen LogP contribution is -2.33. The molecule has 1 aromatic rings. The second-order valence-corrected chi connectivity index (χ2v) is 6.61. The van der Waals surface area contributed by atoms with Crippen LogP contribution in [-0.2, 0) is 13.1 Å². The smallest absolute Gasteiger partial charge is 0.128 e. The summed E-state index contributed by atoms with van der Waals surface area (Å²) in [6.07, 6.45) is 2.53. The van der Waals surface area contributed by atoms with E-state index in [9.17, 15) is 4.39 Å². The van der Waals surface area contributed by atoms with Gasteiger partial charge in [-0.2, -0.15) is 11.8 Å². The zero-order valence-corrected chi connectivity index (χ0v) is 12.6. The van der Waals surface area contributed by atoms with Gasteiger partial charge in [0.25, 0.3) is 0 Å². The highest BCUT2D eigenvalue weighted by atomic mass is 32.2. The molecule has 0 unspecified atom stereocenters. The summed E-state index contributed by atoms with van der Waals surface area (Å²) in [4.78, 5) is 1.98. The van der Waals surface area contributed by atoms with E-state index >= 15 is 0 Å². The highest BCUT2D eigenvalue weighted by Crippen LogP contribution is 2.18. The SMILES string of the molecule is CN(C)Cc1ccc(CN[C@@H]2CCCSC2)cc1F. The zero-order valence-electron chi connectivity index (χ0n) is 11.8. The van der Waals surface area contributed by atoms with Gasteiger partial charge in [-0.05, 0) is 44.3 Å². The van der Waals surface area contributed by atoms with Gasteiger partial charge in [0.2, 0.25) is 0 Å². The number of rotatable bonds is 5. The minimum Gasteiger partial charge on any atom is -0.309 e. The largest absolute Gasteiger partial charge is 0.309 e. The van der Waals surface area contributed by atoms with E-state index in [1.165, 1.54) is 24.3 Å². The van der Waals surface area contributed by atoms with Gasteiger partial charge in [-0.15, -0.1) is 0 Å². The first kappa shape index (κ1) is 14.8. The predicted molar refractivity (Wildman–Crippen MR) is 81.0 cm³/mol. The molecule has 1 aliphatic rings. The van der Waals surface area contributed by atoms with Crippen molar-refractivity contribution in [2.45, 2.75) is 32.0 Å². The van der Waals surface area contributed by atoms with Crippen LogP contribution in [0.3, 0.4) is 0 Å². The number of halogens is 1. The van der Waals surface area contributed by atoms with Crippen LogP contribution < -0.4 is 5.32 Å². The molecule has 1 heterocycles. The van der Waals surface area contributed by atoms with Gasteiger partial charge in [0.1, 0.15) is 5.82 Å². The average molecular weight is 282 g/mol. The third kappa shape index (κ3) is 4.79. The molecule has 4 heteroatoms. The number of nitrogens with zero attached hydrogens (tertiary/aromatic N) is 1. The maximum absolute atomic E-state index is 13.9. The summed E-state index contributed by atoms with van der Waals surface area (Å²) in [7, 11) is 3.91. The molecular formula is C15H23FN2S. The molecule has 1 aliphatic heterocycles. The fourth-order valence-electron chi connectivity index (χ4n) is 2.33. The van der Waals surface area contributed by atoms with Crippen LogP contribution in [0.25, 0.3) is 0 Å². The van der Waals surface area contributed by atoms with Gasteiger partial charge in [0, 0.05) is 30.4 Å². The summed E-state index contributed by atoms with van der Waals surface area (Å²) in [5, 5.41) is 3.53. The van der Waals surface area contributed by atoms with Crippen LogP contribution in [0.2, 0.25) is 0 Å². The van der Waals surface area contributed by atoms with E-state index in [0.717, 1.165) is 17.7 Å². The van der Waals surface area contributed by atoms with Gasteiger partial charge in [0.05, 0.1) is 0 Å². The first-order chi connectivity index (χ1) is 9.15. The molecule has 0 spiro atoms. The van der Waals surface area contributed by atoms with Crippen LogP contribution >= 0.6 is 11.8 Å². The molecule has 0 saturated carbocycles. The number of benzene rings is 1. The van der Waals surface area contributed by atoms with Crippen molar-refractivity contribution >= 4 is 11.8 Å². The molecule has 1 atom stereocenters. The molecule has 0 radical (unpaired) electrons. The van der Waals surface area contributed by atoms with E-state index in [4.69, 9.17) is 0 Å². The average Bonchev–Trinajstić information content (AvgIpc) is 2.40. The van der Waals surface area contributed by atoms with Gasteiger partial charge in [0.15, 0.2) is 0 Å². The van der Waals surface area contributed by atoms with Crippen LogP contribution in [0, 0.1) is 5.82 Å². The standard InChI is InChI=1S/C15H23FN2S/c1-18(2)10-13-6-5-12(8-15(13)16)9-17-14-4-3-7-19-11-14/h5-6,8,14,17H,3-4,7,9-11H2,1-2H3/t14-/m1/s1. The number of nitrogens with one attached hydrogen (secondary N) is 1. The van der Waals surface area contributed by atoms with Gasteiger partial charge in [-0.25, -0.2) is 4.39 Å². The monoisotopic (exact) mass is 282 g/mol. The van der Waals surface area contributed by atoms with Crippen LogP contribution in [0.1, 0.15) is 24.0 Å². The quantitative estimate of drug-likeness (QED) is 0.894. The number of hydrogen-bond acceptors (Lipinski definition) is 3. The van der Waals surface area contributed by atoms with E-state index in [-0.39, 0.29) is 5.82 Å². The Kier molecular flexibility index (Phi) is 5.67. The minimum absolute atomic E-state index is 0.0916. The van der Waals surface area contributed by atoms with Crippen LogP contribution in [0.4, 0.5) is 4.39 Å². The Morgan fingerprint density at radius 1 is 1.42 bits per heavy atom. The van der Waals surface area contributed by atoms with E-state index in [1.807, 2.05) is 42.9 Å². The molecule has 0 bridgehead atoms. The topological polar surface area (TPSA) is 15.3 Å². The molecule has 2 rings (SSSR count). The number of hydrogen-bond donors (Lipinski definition) is 1. The van der Waals surface area contributed by atoms with Crippen molar-refractivity contribution in [3.63, 3.8) is 0 Å². The summed E-state index contributed by atoms with van der Waals surface area (Å²) < 4.78 is 13.9. The molecule has 1 aromatic carbocycles. The Morgan fingerprint density at radius 2 is 2.26 bits per heavy atom. The molecule has 1 saturated heterocycles. The molecule has 1 N–H and O–H groups in total.